The van der Waals surface area contributed by atoms with Gasteiger partial charge in [-0.15, -0.1) is 0 Å². The zero-order valence-corrected chi connectivity index (χ0v) is 12.2. The summed E-state index contributed by atoms with van der Waals surface area (Å²) in [6, 6.07) is 7.68. The minimum absolute atomic E-state index is 0.138. The summed E-state index contributed by atoms with van der Waals surface area (Å²) in [4.78, 5) is 19.8. The largest absolute Gasteiger partial charge is 0.378 e. The molecule has 0 aliphatic heterocycles. The topological polar surface area (TPSA) is 98.2 Å². The third-order valence-corrected chi connectivity index (χ3v) is 3.18. The highest BCUT2D eigenvalue weighted by Gasteiger charge is 2.23. The highest BCUT2D eigenvalue weighted by molar-refractivity contribution is 9.10. The molecule has 0 aliphatic carbocycles. The minimum atomic E-state index is -0.567. The number of nitrogens with two attached hydrogens (primary N) is 1. The standard InChI is InChI=1S/C12H12BrN5O2/c1-17(6-8-3-2-4-9(13)5-8)12-10(18(19)20)11(14)15-7-16-12/h2-5,7H,6H2,1H3,(H2,14,15,16). The second-order valence-corrected chi connectivity index (χ2v) is 5.09. The Bertz CT molecular complexity index is 649. The van der Waals surface area contributed by atoms with Crippen molar-refractivity contribution in [2.45, 2.75) is 6.54 Å². The van der Waals surface area contributed by atoms with Gasteiger partial charge in [0.2, 0.25) is 11.6 Å². The van der Waals surface area contributed by atoms with Crippen LogP contribution in [0, 0.1) is 10.1 Å². The Balaban J connectivity index is 2.32. The van der Waals surface area contributed by atoms with E-state index in [1.165, 1.54) is 6.33 Å². The van der Waals surface area contributed by atoms with E-state index in [0.717, 1.165) is 10.0 Å². The highest BCUT2D eigenvalue weighted by atomic mass is 79.9. The van der Waals surface area contributed by atoms with Crippen molar-refractivity contribution in [2.24, 2.45) is 0 Å². The number of rotatable bonds is 4. The van der Waals surface area contributed by atoms with E-state index in [-0.39, 0.29) is 17.3 Å². The first-order valence-electron chi connectivity index (χ1n) is 5.69. The molecule has 7 nitrogen and oxygen atoms in total. The number of nitro groups is 1. The number of anilines is 2. The summed E-state index contributed by atoms with van der Waals surface area (Å²) in [6.45, 7) is 0.469. The molecule has 2 N–H and O–H groups in total. The number of nitrogens with zero attached hydrogens (tertiary/aromatic N) is 4. The van der Waals surface area contributed by atoms with Gasteiger partial charge < -0.3 is 10.6 Å². The van der Waals surface area contributed by atoms with E-state index in [4.69, 9.17) is 5.73 Å². The van der Waals surface area contributed by atoms with Crippen molar-refractivity contribution in [3.63, 3.8) is 0 Å². The van der Waals surface area contributed by atoms with Crippen molar-refractivity contribution >= 4 is 33.3 Å². The zero-order valence-electron chi connectivity index (χ0n) is 10.7. The SMILES string of the molecule is CN(Cc1cccc(Br)c1)c1ncnc(N)c1[N+](=O)[O-]. The molecular formula is C12H12BrN5O2. The minimum Gasteiger partial charge on any atom is -0.378 e. The number of nitrogen functional groups attached to an aromatic ring is 1. The van der Waals surface area contributed by atoms with Crippen LogP contribution < -0.4 is 10.6 Å². The van der Waals surface area contributed by atoms with Crippen molar-refractivity contribution in [3.05, 3.63) is 50.7 Å². The van der Waals surface area contributed by atoms with Crippen LogP contribution in [0.2, 0.25) is 0 Å². The molecule has 0 spiro atoms. The Morgan fingerprint density at radius 3 is 2.85 bits per heavy atom. The maximum atomic E-state index is 11.1. The fraction of sp³-hybridized carbons (Fsp3) is 0.167. The van der Waals surface area contributed by atoms with E-state index < -0.39 is 4.92 Å². The molecule has 0 unspecified atom stereocenters. The fourth-order valence-corrected chi connectivity index (χ4v) is 2.27. The van der Waals surface area contributed by atoms with E-state index in [2.05, 4.69) is 25.9 Å². The van der Waals surface area contributed by atoms with E-state index in [1.54, 1.807) is 11.9 Å². The first-order valence-corrected chi connectivity index (χ1v) is 6.48. The second kappa shape index (κ2) is 5.83. The molecule has 0 radical (unpaired) electrons. The number of hydrogen-bond donors (Lipinski definition) is 1. The van der Waals surface area contributed by atoms with Crippen molar-refractivity contribution in [1.29, 1.82) is 0 Å². The van der Waals surface area contributed by atoms with Crippen molar-refractivity contribution in [3.8, 4) is 0 Å². The second-order valence-electron chi connectivity index (χ2n) is 4.17. The Hall–Kier alpha value is -2.22. The lowest BCUT2D eigenvalue weighted by Gasteiger charge is -2.18. The third-order valence-electron chi connectivity index (χ3n) is 2.68. The molecule has 1 aromatic carbocycles. The molecule has 104 valence electrons. The average molecular weight is 338 g/mol. The monoisotopic (exact) mass is 337 g/mol. The van der Waals surface area contributed by atoms with Gasteiger partial charge in [0.25, 0.3) is 0 Å². The average Bonchev–Trinajstić information content (AvgIpc) is 2.37. The molecule has 0 saturated heterocycles. The molecule has 0 atom stereocenters. The van der Waals surface area contributed by atoms with Gasteiger partial charge in [-0.3, -0.25) is 10.1 Å². The number of aromatic nitrogens is 2. The van der Waals surface area contributed by atoms with Gasteiger partial charge in [-0.05, 0) is 17.7 Å². The Labute approximate surface area is 123 Å². The lowest BCUT2D eigenvalue weighted by atomic mass is 10.2. The Kier molecular flexibility index (Phi) is 4.14. The number of benzene rings is 1. The van der Waals surface area contributed by atoms with Crippen LogP contribution in [0.25, 0.3) is 0 Å². The van der Waals surface area contributed by atoms with E-state index in [0.29, 0.717) is 6.54 Å². The molecule has 2 rings (SSSR count). The van der Waals surface area contributed by atoms with Crippen molar-refractivity contribution in [2.75, 3.05) is 17.7 Å². The third kappa shape index (κ3) is 3.02. The summed E-state index contributed by atoms with van der Waals surface area (Å²) in [7, 11) is 1.72. The predicted molar refractivity (Wildman–Crippen MR) is 79.3 cm³/mol. The molecule has 0 aliphatic rings. The quantitative estimate of drug-likeness (QED) is 0.679. The first kappa shape index (κ1) is 14.2. The summed E-state index contributed by atoms with van der Waals surface area (Å²) in [5.41, 5.74) is 6.27. The fourth-order valence-electron chi connectivity index (χ4n) is 1.82. The van der Waals surface area contributed by atoms with E-state index >= 15 is 0 Å². The maximum absolute atomic E-state index is 11.1. The maximum Gasteiger partial charge on any atom is 0.353 e. The summed E-state index contributed by atoms with van der Waals surface area (Å²) in [5.74, 6) is 0.0589. The van der Waals surface area contributed by atoms with Gasteiger partial charge in [0.15, 0.2) is 0 Å². The molecule has 2 aromatic rings. The summed E-state index contributed by atoms with van der Waals surface area (Å²) < 4.78 is 0.945. The van der Waals surface area contributed by atoms with Crippen LogP contribution in [0.1, 0.15) is 5.56 Å². The van der Waals surface area contributed by atoms with Crippen LogP contribution in [0.3, 0.4) is 0 Å². The predicted octanol–water partition coefficient (Wildman–Crippen LogP) is 2.37. The molecule has 20 heavy (non-hydrogen) atoms. The van der Waals surface area contributed by atoms with Crippen molar-refractivity contribution in [1.82, 2.24) is 9.97 Å². The molecule has 0 bridgehead atoms. The Morgan fingerprint density at radius 1 is 1.45 bits per heavy atom. The normalized spacial score (nSPS) is 10.3. The number of halogens is 1. The summed E-state index contributed by atoms with van der Waals surface area (Å²) in [6.07, 6.45) is 1.22. The van der Waals surface area contributed by atoms with Crippen LogP contribution in [0.15, 0.2) is 35.1 Å². The van der Waals surface area contributed by atoms with Crippen molar-refractivity contribution < 1.29 is 4.92 Å². The smallest absolute Gasteiger partial charge is 0.353 e. The summed E-state index contributed by atoms with van der Waals surface area (Å²) in [5, 5.41) is 11.1. The molecule has 0 fully saturated rings. The Morgan fingerprint density at radius 2 is 2.20 bits per heavy atom. The van der Waals surface area contributed by atoms with Gasteiger partial charge >= 0.3 is 5.69 Å². The van der Waals surface area contributed by atoms with Crippen LogP contribution in [-0.4, -0.2) is 21.9 Å². The van der Waals surface area contributed by atoms with Gasteiger partial charge in [0, 0.05) is 18.1 Å². The highest BCUT2D eigenvalue weighted by Crippen LogP contribution is 2.29. The lowest BCUT2D eigenvalue weighted by molar-refractivity contribution is -0.383. The van der Waals surface area contributed by atoms with Crippen LogP contribution in [0.5, 0.6) is 0 Å². The van der Waals surface area contributed by atoms with E-state index in [1.807, 2.05) is 24.3 Å². The lowest BCUT2D eigenvalue weighted by Crippen LogP contribution is -2.20. The van der Waals surface area contributed by atoms with Crippen LogP contribution in [0.4, 0.5) is 17.3 Å². The van der Waals surface area contributed by atoms with Crippen LogP contribution in [-0.2, 0) is 6.54 Å². The molecule has 0 saturated carbocycles. The molecule has 1 aromatic heterocycles. The van der Waals surface area contributed by atoms with Crippen LogP contribution >= 0.6 is 15.9 Å². The van der Waals surface area contributed by atoms with Gasteiger partial charge in [-0.25, -0.2) is 9.97 Å². The van der Waals surface area contributed by atoms with Gasteiger partial charge in [0.1, 0.15) is 6.33 Å². The molecule has 1 heterocycles. The van der Waals surface area contributed by atoms with Gasteiger partial charge in [-0.1, -0.05) is 28.1 Å². The van der Waals surface area contributed by atoms with Gasteiger partial charge in [-0.2, -0.15) is 0 Å². The summed E-state index contributed by atoms with van der Waals surface area (Å²) >= 11 is 3.39. The molecule has 8 heteroatoms. The van der Waals surface area contributed by atoms with Gasteiger partial charge in [0.05, 0.1) is 4.92 Å². The molecule has 0 amide bonds. The zero-order chi connectivity index (χ0) is 14.7. The van der Waals surface area contributed by atoms with E-state index in [9.17, 15) is 10.1 Å². The molecular weight excluding hydrogens is 326 g/mol. The first-order chi connectivity index (χ1) is 9.49. The number of hydrogen-bond acceptors (Lipinski definition) is 6.